The Kier molecular flexibility index (Phi) is 8.23. The molecule has 0 saturated carbocycles. The average molecular weight is 592 g/mol. The summed E-state index contributed by atoms with van der Waals surface area (Å²) in [6.45, 7) is 0. The summed E-state index contributed by atoms with van der Waals surface area (Å²) in [5.74, 6) is 2.89. The molecule has 0 fully saturated rings. The van der Waals surface area contributed by atoms with Crippen LogP contribution in [-0.4, -0.2) is 40.0 Å². The number of phenols is 1. The van der Waals surface area contributed by atoms with E-state index in [1.165, 1.54) is 0 Å². The molecule has 10 nitrogen and oxygen atoms in total. The van der Waals surface area contributed by atoms with Crippen molar-refractivity contribution >= 4 is 52.6 Å². The van der Waals surface area contributed by atoms with E-state index >= 15 is 0 Å². The van der Waals surface area contributed by atoms with E-state index in [1.54, 1.807) is 38.3 Å². The van der Waals surface area contributed by atoms with Crippen LogP contribution in [0.2, 0.25) is 0 Å². The first-order valence-electron chi connectivity index (χ1n) is 13.5. The van der Waals surface area contributed by atoms with Gasteiger partial charge in [-0.1, -0.05) is 24.3 Å². The highest BCUT2D eigenvalue weighted by molar-refractivity contribution is 7.98. The van der Waals surface area contributed by atoms with E-state index in [9.17, 15) is 5.11 Å². The van der Waals surface area contributed by atoms with Crippen LogP contribution < -0.4 is 25.4 Å². The van der Waals surface area contributed by atoms with Crippen LogP contribution in [0.4, 0.5) is 34.9 Å². The van der Waals surface area contributed by atoms with Crippen LogP contribution in [0.3, 0.4) is 0 Å². The average Bonchev–Trinajstić information content (AvgIpc) is 3.53. The Morgan fingerprint density at radius 3 is 1.51 bits per heavy atom. The van der Waals surface area contributed by atoms with Gasteiger partial charge in [-0.05, 0) is 95.9 Å². The molecule has 43 heavy (non-hydrogen) atoms. The maximum Gasteiger partial charge on any atom is 0.233 e. The summed E-state index contributed by atoms with van der Waals surface area (Å²) in [5.41, 5.74) is 5.66. The number of nitrogens with zero attached hydrogens (tertiary/aromatic N) is 4. The highest BCUT2D eigenvalue weighted by Crippen LogP contribution is 2.40. The molecule has 5 aromatic rings. The maximum atomic E-state index is 9.59. The predicted octanol–water partition coefficient (Wildman–Crippen LogP) is 7.41. The maximum absolute atomic E-state index is 9.59. The van der Waals surface area contributed by atoms with Crippen molar-refractivity contribution in [2.45, 2.75) is 11.7 Å². The molecule has 1 atom stereocenters. The van der Waals surface area contributed by atoms with Gasteiger partial charge in [-0.2, -0.15) is 15.0 Å². The summed E-state index contributed by atoms with van der Waals surface area (Å²) in [5, 5.41) is 19.6. The van der Waals surface area contributed by atoms with Crippen LogP contribution in [0.5, 0.6) is 17.2 Å². The molecule has 0 spiro atoms. The van der Waals surface area contributed by atoms with E-state index in [0.717, 1.165) is 51.8 Å². The molecule has 0 radical (unpaired) electrons. The summed E-state index contributed by atoms with van der Waals surface area (Å²) in [6, 6.07) is 30.4. The molecule has 1 aliphatic heterocycles. The van der Waals surface area contributed by atoms with Crippen LogP contribution in [0.15, 0.2) is 101 Å². The van der Waals surface area contributed by atoms with Crippen molar-refractivity contribution in [3.63, 3.8) is 0 Å². The number of benzene rings is 4. The molecule has 0 aliphatic carbocycles. The molecule has 4 aromatic carbocycles. The number of aromatic nitrogens is 3. The molecular weight excluding hydrogens is 562 g/mol. The zero-order chi connectivity index (χ0) is 29.6. The van der Waals surface area contributed by atoms with E-state index in [4.69, 9.17) is 13.9 Å². The smallest absolute Gasteiger partial charge is 0.233 e. The second-order valence-corrected chi connectivity index (χ2v) is 10.6. The van der Waals surface area contributed by atoms with Crippen molar-refractivity contribution in [2.24, 2.45) is 4.40 Å². The van der Waals surface area contributed by atoms with Gasteiger partial charge in [0.15, 0.2) is 0 Å². The molecule has 216 valence electrons. The van der Waals surface area contributed by atoms with E-state index in [2.05, 4.69) is 30.9 Å². The second-order valence-electron chi connectivity index (χ2n) is 9.64. The number of aromatic hydroxyl groups is 1. The number of rotatable bonds is 10. The lowest BCUT2D eigenvalue weighted by Crippen LogP contribution is -2.07. The zero-order valence-corrected chi connectivity index (χ0v) is 24.3. The highest BCUT2D eigenvalue weighted by atomic mass is 32.2. The van der Waals surface area contributed by atoms with Crippen LogP contribution in [0.25, 0.3) is 0 Å². The Hall–Kier alpha value is -5.29. The van der Waals surface area contributed by atoms with Gasteiger partial charge in [0.25, 0.3) is 0 Å². The molecular formula is C32H29N7O3S. The van der Waals surface area contributed by atoms with Gasteiger partial charge in [0.2, 0.25) is 17.8 Å². The van der Waals surface area contributed by atoms with Crippen LogP contribution in [0.1, 0.15) is 22.8 Å². The summed E-state index contributed by atoms with van der Waals surface area (Å²) in [6.07, 6.45) is 0.816. The molecule has 1 aromatic heterocycles. The summed E-state index contributed by atoms with van der Waals surface area (Å²) >= 11 is 1.56. The Balaban J connectivity index is 1.19. The molecule has 6 rings (SSSR count). The number of methoxy groups -OCH3 is 2. The molecule has 1 aliphatic rings. The molecule has 11 heteroatoms. The van der Waals surface area contributed by atoms with Crippen molar-refractivity contribution < 1.29 is 14.6 Å². The Bertz CT molecular complexity index is 1650. The van der Waals surface area contributed by atoms with E-state index in [-0.39, 0.29) is 11.0 Å². The quantitative estimate of drug-likeness (QED) is 0.122. The second kappa shape index (κ2) is 12.7. The zero-order valence-electron chi connectivity index (χ0n) is 23.5. The summed E-state index contributed by atoms with van der Waals surface area (Å²) in [4.78, 5) is 13.8. The third kappa shape index (κ3) is 6.96. The van der Waals surface area contributed by atoms with Crippen molar-refractivity contribution in [1.82, 2.24) is 15.0 Å². The van der Waals surface area contributed by atoms with Gasteiger partial charge in [0, 0.05) is 23.5 Å². The van der Waals surface area contributed by atoms with Gasteiger partial charge < -0.3 is 30.5 Å². The van der Waals surface area contributed by atoms with E-state index < -0.39 is 0 Å². The van der Waals surface area contributed by atoms with Gasteiger partial charge in [-0.15, -0.1) is 0 Å². The predicted molar refractivity (Wildman–Crippen MR) is 172 cm³/mol. The highest BCUT2D eigenvalue weighted by Gasteiger charge is 2.22. The number of anilines is 6. The standard InChI is InChI=1S/C32H29N7O3S/c1-41-26-15-9-23(10-16-26)34-31-36-30(37-32(38-31)35-24-11-17-27(42-2)18-12-24)33-22-7-3-20(4-8-22)28-19-29(43-39-28)21-5-13-25(40)14-6-21/h3-18,29,40H,19H2,1-2H3,(H3,33,34,35,36,37,38). The van der Waals surface area contributed by atoms with E-state index in [0.29, 0.717) is 17.8 Å². The first kappa shape index (κ1) is 27.9. The number of nitrogens with one attached hydrogen (secondary N) is 3. The third-order valence-electron chi connectivity index (χ3n) is 6.74. The number of hydrogen-bond acceptors (Lipinski definition) is 11. The van der Waals surface area contributed by atoms with Gasteiger partial charge in [0.05, 0.1) is 25.2 Å². The lowest BCUT2D eigenvalue weighted by atomic mass is 10.0. The van der Waals surface area contributed by atoms with Gasteiger partial charge in [0.1, 0.15) is 17.2 Å². The largest absolute Gasteiger partial charge is 0.508 e. The first-order valence-corrected chi connectivity index (χ1v) is 14.4. The van der Waals surface area contributed by atoms with Crippen molar-refractivity contribution in [3.05, 3.63) is 108 Å². The molecule has 0 amide bonds. The molecule has 1 unspecified atom stereocenters. The van der Waals surface area contributed by atoms with E-state index in [1.807, 2.05) is 84.9 Å². The number of phenolic OH excluding ortho intramolecular Hbond substituents is 1. The minimum atomic E-state index is 0.229. The summed E-state index contributed by atoms with van der Waals surface area (Å²) < 4.78 is 15.2. The van der Waals surface area contributed by atoms with Crippen LogP contribution >= 0.6 is 11.9 Å². The molecule has 0 saturated heterocycles. The lowest BCUT2D eigenvalue weighted by molar-refractivity contribution is 0.415. The van der Waals surface area contributed by atoms with Crippen LogP contribution in [-0.2, 0) is 0 Å². The summed E-state index contributed by atoms with van der Waals surface area (Å²) in [7, 11) is 3.26. The Morgan fingerprint density at radius 2 is 1.07 bits per heavy atom. The van der Waals surface area contributed by atoms with Crippen LogP contribution in [0, 0.1) is 0 Å². The van der Waals surface area contributed by atoms with Crippen molar-refractivity contribution in [1.29, 1.82) is 0 Å². The fourth-order valence-corrected chi connectivity index (χ4v) is 5.39. The van der Waals surface area contributed by atoms with Crippen molar-refractivity contribution in [3.8, 4) is 17.2 Å². The number of hydrogen-bond donors (Lipinski definition) is 4. The fraction of sp³-hybridized carbons (Fsp3) is 0.125. The number of ether oxygens (including phenoxy) is 2. The molecule has 4 N–H and O–H groups in total. The minimum absolute atomic E-state index is 0.229. The Morgan fingerprint density at radius 1 is 0.628 bits per heavy atom. The molecule has 2 heterocycles. The van der Waals surface area contributed by atoms with Gasteiger partial charge >= 0.3 is 0 Å². The minimum Gasteiger partial charge on any atom is -0.508 e. The first-order chi connectivity index (χ1) is 21.0. The monoisotopic (exact) mass is 591 g/mol. The lowest BCUT2D eigenvalue weighted by Gasteiger charge is -2.12. The Labute approximate surface area is 253 Å². The SMILES string of the molecule is COc1ccc(Nc2nc(Nc3ccc(OC)cc3)nc(Nc3ccc(C4=NSC(c5ccc(O)cc5)C4)cc3)n2)cc1. The fourth-order valence-electron chi connectivity index (χ4n) is 4.44. The normalized spacial score (nSPS) is 14.1. The van der Waals surface area contributed by atoms with Gasteiger partial charge in [-0.25, -0.2) is 4.40 Å². The van der Waals surface area contributed by atoms with Crippen molar-refractivity contribution in [2.75, 3.05) is 30.2 Å². The van der Waals surface area contributed by atoms with Gasteiger partial charge in [-0.3, -0.25) is 0 Å². The topological polar surface area (TPSA) is 126 Å². The third-order valence-corrected chi connectivity index (χ3v) is 7.75. The molecule has 0 bridgehead atoms.